The summed E-state index contributed by atoms with van der Waals surface area (Å²) >= 11 is 11.6. The first-order valence-corrected chi connectivity index (χ1v) is 9.07. The van der Waals surface area contributed by atoms with Crippen LogP contribution < -0.4 is 5.32 Å². The van der Waals surface area contributed by atoms with Crippen LogP contribution in [-0.2, 0) is 14.6 Å². The Morgan fingerprint density at radius 1 is 1.08 bits per heavy atom. The van der Waals surface area contributed by atoms with Gasteiger partial charge in [-0.3, -0.25) is 4.79 Å². The number of halogens is 4. The number of rotatable bonds is 5. The van der Waals surface area contributed by atoms with Crippen LogP contribution in [0.3, 0.4) is 0 Å². The molecule has 0 aliphatic rings. The van der Waals surface area contributed by atoms with Crippen molar-refractivity contribution in [3.8, 4) is 0 Å². The molecular weight excluding hydrogens is 395 g/mol. The highest BCUT2D eigenvalue weighted by molar-refractivity contribution is 7.91. The van der Waals surface area contributed by atoms with E-state index in [1.807, 2.05) is 0 Å². The molecule has 0 aromatic heterocycles. The fourth-order valence-corrected chi connectivity index (χ4v) is 3.07. The Bertz CT molecular complexity index is 931. The fraction of sp³-hybridized carbons (Fsp3) is 0.0625. The van der Waals surface area contributed by atoms with E-state index in [2.05, 4.69) is 5.32 Å². The van der Waals surface area contributed by atoms with E-state index >= 15 is 0 Å². The number of alkyl halides is 2. The van der Waals surface area contributed by atoms with E-state index in [1.165, 1.54) is 30.3 Å². The molecule has 132 valence electrons. The molecule has 0 radical (unpaired) electrons. The fourth-order valence-electron chi connectivity index (χ4n) is 1.88. The summed E-state index contributed by atoms with van der Waals surface area (Å²) in [4.78, 5) is 11.3. The summed E-state index contributed by atoms with van der Waals surface area (Å²) in [5, 5.41) is 2.93. The highest BCUT2D eigenvalue weighted by Gasteiger charge is 2.29. The number of hydrogen-bond donors (Lipinski definition) is 1. The van der Waals surface area contributed by atoms with Crippen molar-refractivity contribution in [1.29, 1.82) is 0 Å². The summed E-state index contributed by atoms with van der Waals surface area (Å²) in [5.41, 5.74) is 0.352. The van der Waals surface area contributed by atoms with Gasteiger partial charge in [-0.25, -0.2) is 8.42 Å². The molecule has 1 amide bonds. The van der Waals surface area contributed by atoms with E-state index in [0.29, 0.717) is 15.6 Å². The zero-order chi connectivity index (χ0) is 18.6. The lowest BCUT2D eigenvalue weighted by Crippen LogP contribution is -2.16. The lowest BCUT2D eigenvalue weighted by Gasteiger charge is -2.10. The van der Waals surface area contributed by atoms with E-state index in [0.717, 1.165) is 12.1 Å². The number of carbonyl (C=O) groups is 1. The minimum absolute atomic E-state index is 0.230. The Labute approximate surface area is 153 Å². The Balaban J connectivity index is 2.21. The van der Waals surface area contributed by atoms with Crippen molar-refractivity contribution in [2.75, 3.05) is 5.32 Å². The number of nitrogens with one attached hydrogen (secondary N) is 1. The molecule has 2 aromatic rings. The predicted octanol–water partition coefficient (Wildman–Crippen LogP) is 4.64. The summed E-state index contributed by atoms with van der Waals surface area (Å²) in [6.45, 7) is 0. The molecule has 0 aliphatic heterocycles. The largest absolute Gasteiger partial charge is 0.341 e. The summed E-state index contributed by atoms with van der Waals surface area (Å²) in [6.07, 6.45) is 2.53. The number of hydrogen-bond acceptors (Lipinski definition) is 3. The molecule has 0 heterocycles. The maximum atomic E-state index is 12.7. The molecule has 0 spiro atoms. The van der Waals surface area contributed by atoms with Gasteiger partial charge in [-0.05, 0) is 35.9 Å². The van der Waals surface area contributed by atoms with Crippen molar-refractivity contribution in [3.05, 3.63) is 64.1 Å². The van der Waals surface area contributed by atoms with Crippen LogP contribution in [-0.4, -0.2) is 20.1 Å². The number of benzene rings is 2. The average molecular weight is 406 g/mol. The molecule has 2 rings (SSSR count). The Hall–Kier alpha value is -1.96. The van der Waals surface area contributed by atoms with E-state index in [4.69, 9.17) is 23.2 Å². The molecule has 0 unspecified atom stereocenters. The molecule has 25 heavy (non-hydrogen) atoms. The lowest BCUT2D eigenvalue weighted by molar-refractivity contribution is -0.111. The van der Waals surface area contributed by atoms with Crippen LogP contribution in [0.25, 0.3) is 6.08 Å². The highest BCUT2D eigenvalue weighted by atomic mass is 35.5. The van der Waals surface area contributed by atoms with Gasteiger partial charge in [-0.15, -0.1) is 0 Å². The van der Waals surface area contributed by atoms with Crippen molar-refractivity contribution in [2.45, 2.75) is 10.7 Å². The van der Waals surface area contributed by atoms with E-state index < -0.39 is 26.4 Å². The van der Waals surface area contributed by atoms with Crippen molar-refractivity contribution < 1.29 is 22.0 Å². The van der Waals surface area contributed by atoms with Crippen molar-refractivity contribution in [3.63, 3.8) is 0 Å². The van der Waals surface area contributed by atoms with E-state index in [1.54, 1.807) is 12.1 Å². The van der Waals surface area contributed by atoms with Gasteiger partial charge in [0.15, 0.2) is 0 Å². The Morgan fingerprint density at radius 2 is 1.76 bits per heavy atom. The van der Waals surface area contributed by atoms with Crippen LogP contribution in [0.1, 0.15) is 5.56 Å². The number of carbonyl (C=O) groups excluding carboxylic acids is 1. The highest BCUT2D eigenvalue weighted by Crippen LogP contribution is 2.26. The van der Waals surface area contributed by atoms with Gasteiger partial charge in [-0.1, -0.05) is 41.4 Å². The third kappa shape index (κ3) is 4.78. The number of para-hydroxylation sites is 1. The van der Waals surface area contributed by atoms with Gasteiger partial charge in [0, 0.05) is 6.08 Å². The van der Waals surface area contributed by atoms with Crippen molar-refractivity contribution in [2.24, 2.45) is 0 Å². The third-order valence-electron chi connectivity index (χ3n) is 3.06. The van der Waals surface area contributed by atoms with Crippen LogP contribution in [0.5, 0.6) is 0 Å². The van der Waals surface area contributed by atoms with Crippen LogP contribution in [0.4, 0.5) is 14.5 Å². The topological polar surface area (TPSA) is 63.2 Å². The van der Waals surface area contributed by atoms with Crippen molar-refractivity contribution in [1.82, 2.24) is 0 Å². The number of sulfone groups is 1. The quantitative estimate of drug-likeness (QED) is 0.736. The standard InChI is InChI=1S/C16H11Cl2F2NO3S/c17-11-7-5-10(9-12(11)18)6-8-15(22)21-13-3-1-2-4-14(13)25(23,24)16(19)20/h1-9,16H,(H,21,22)/b8-6+. The monoisotopic (exact) mass is 405 g/mol. The molecule has 1 N–H and O–H groups in total. The number of anilines is 1. The second kappa shape index (κ2) is 7.95. The van der Waals surface area contributed by atoms with Gasteiger partial charge in [0.25, 0.3) is 0 Å². The molecule has 2 aromatic carbocycles. The predicted molar refractivity (Wildman–Crippen MR) is 93.8 cm³/mol. The SMILES string of the molecule is O=C(/C=C/c1ccc(Cl)c(Cl)c1)Nc1ccccc1S(=O)(=O)C(F)F. The van der Waals surface area contributed by atoms with Gasteiger partial charge in [0.2, 0.25) is 15.7 Å². The smallest absolute Gasteiger partial charge is 0.321 e. The first-order valence-electron chi connectivity index (χ1n) is 6.77. The first kappa shape index (κ1) is 19.4. The zero-order valence-electron chi connectivity index (χ0n) is 12.4. The van der Waals surface area contributed by atoms with Crippen LogP contribution in [0.15, 0.2) is 53.4 Å². The van der Waals surface area contributed by atoms with Crippen molar-refractivity contribution >= 4 is 50.7 Å². The lowest BCUT2D eigenvalue weighted by atomic mass is 10.2. The molecule has 0 aliphatic carbocycles. The van der Waals surface area contributed by atoms with E-state index in [9.17, 15) is 22.0 Å². The maximum Gasteiger partial charge on any atom is 0.341 e. The molecule has 0 atom stereocenters. The zero-order valence-corrected chi connectivity index (χ0v) is 14.7. The van der Waals surface area contributed by atoms with Crippen LogP contribution in [0.2, 0.25) is 10.0 Å². The molecule has 0 saturated carbocycles. The van der Waals surface area contributed by atoms with E-state index in [-0.39, 0.29) is 5.69 Å². The van der Waals surface area contributed by atoms with Crippen LogP contribution in [0, 0.1) is 0 Å². The van der Waals surface area contributed by atoms with Crippen LogP contribution >= 0.6 is 23.2 Å². The minimum Gasteiger partial charge on any atom is -0.321 e. The summed E-state index contributed by atoms with van der Waals surface area (Å²) in [7, 11) is -4.83. The van der Waals surface area contributed by atoms with Gasteiger partial charge in [0.1, 0.15) is 0 Å². The first-order chi connectivity index (χ1) is 11.7. The number of amides is 1. The summed E-state index contributed by atoms with van der Waals surface area (Å²) in [5.74, 6) is -4.28. The molecule has 0 saturated heterocycles. The van der Waals surface area contributed by atoms with Gasteiger partial charge < -0.3 is 5.32 Å². The Kier molecular flexibility index (Phi) is 6.16. The normalized spacial score (nSPS) is 11.9. The maximum absolute atomic E-state index is 12.7. The molecule has 9 heteroatoms. The molecule has 0 bridgehead atoms. The summed E-state index contributed by atoms with van der Waals surface area (Å²) < 4.78 is 48.7. The van der Waals surface area contributed by atoms with Gasteiger partial charge in [-0.2, -0.15) is 8.78 Å². The third-order valence-corrected chi connectivity index (χ3v) is 5.23. The van der Waals surface area contributed by atoms with Gasteiger partial charge in [0.05, 0.1) is 20.6 Å². The second-order valence-electron chi connectivity index (χ2n) is 4.80. The molecular formula is C16H11Cl2F2NO3S. The Morgan fingerprint density at radius 3 is 2.40 bits per heavy atom. The van der Waals surface area contributed by atoms with Gasteiger partial charge >= 0.3 is 5.76 Å². The molecule has 0 fully saturated rings. The minimum atomic E-state index is -4.83. The second-order valence-corrected chi connectivity index (χ2v) is 7.50. The average Bonchev–Trinajstić information content (AvgIpc) is 2.56. The summed E-state index contributed by atoms with van der Waals surface area (Å²) in [6, 6.07) is 9.63. The molecule has 4 nitrogen and oxygen atoms in total.